The van der Waals surface area contributed by atoms with E-state index >= 15 is 0 Å². The maximum Gasteiger partial charge on any atom is 0.334 e. The maximum absolute atomic E-state index is 12.0. The van der Waals surface area contributed by atoms with Crippen molar-refractivity contribution >= 4 is 11.9 Å². The largest absolute Gasteiger partial charge is 0.489 e. The fraction of sp³-hybridized carbons (Fsp3) is 0.462. The molecule has 0 saturated carbocycles. The SMILES string of the molecule is COC(CNC(=O)c1ncccc1OC(C)C)C(=O)O. The van der Waals surface area contributed by atoms with Crippen molar-refractivity contribution in [2.24, 2.45) is 0 Å². The minimum Gasteiger partial charge on any atom is -0.489 e. The van der Waals surface area contributed by atoms with Gasteiger partial charge in [0.15, 0.2) is 17.5 Å². The van der Waals surface area contributed by atoms with E-state index in [1.54, 1.807) is 12.1 Å². The molecular weight excluding hydrogens is 264 g/mol. The Hall–Kier alpha value is -2.15. The van der Waals surface area contributed by atoms with E-state index in [9.17, 15) is 9.59 Å². The quantitative estimate of drug-likeness (QED) is 0.764. The molecule has 7 nitrogen and oxygen atoms in total. The molecule has 0 aliphatic carbocycles. The minimum absolute atomic E-state index is 0.100. The molecule has 0 spiro atoms. The summed E-state index contributed by atoms with van der Waals surface area (Å²) in [5.74, 6) is -1.30. The van der Waals surface area contributed by atoms with Gasteiger partial charge in [0.25, 0.3) is 5.91 Å². The number of nitrogens with zero attached hydrogens (tertiary/aromatic N) is 1. The number of ether oxygens (including phenoxy) is 2. The third kappa shape index (κ3) is 4.51. The van der Waals surface area contributed by atoms with Crippen molar-refractivity contribution in [2.45, 2.75) is 26.1 Å². The number of rotatable bonds is 7. The van der Waals surface area contributed by atoms with Crippen LogP contribution in [0.2, 0.25) is 0 Å². The molecule has 2 N–H and O–H groups in total. The molecule has 1 aromatic rings. The first-order chi connectivity index (χ1) is 9.45. The smallest absolute Gasteiger partial charge is 0.334 e. The van der Waals surface area contributed by atoms with Crippen molar-refractivity contribution in [3.8, 4) is 5.75 Å². The molecule has 0 aliphatic heterocycles. The Labute approximate surface area is 116 Å². The molecule has 0 aromatic carbocycles. The van der Waals surface area contributed by atoms with Gasteiger partial charge in [-0.25, -0.2) is 9.78 Å². The first kappa shape index (κ1) is 15.9. The van der Waals surface area contributed by atoms with Gasteiger partial charge in [0.1, 0.15) is 0 Å². The van der Waals surface area contributed by atoms with Crippen molar-refractivity contribution in [1.29, 1.82) is 0 Å². The molecule has 0 saturated heterocycles. The van der Waals surface area contributed by atoms with Gasteiger partial charge in [0.05, 0.1) is 12.6 Å². The van der Waals surface area contributed by atoms with Crippen LogP contribution in [0.25, 0.3) is 0 Å². The molecule has 1 heterocycles. The monoisotopic (exact) mass is 282 g/mol. The van der Waals surface area contributed by atoms with Crippen LogP contribution in [0.1, 0.15) is 24.3 Å². The highest BCUT2D eigenvalue weighted by atomic mass is 16.5. The lowest BCUT2D eigenvalue weighted by Gasteiger charge is -2.14. The molecule has 20 heavy (non-hydrogen) atoms. The van der Waals surface area contributed by atoms with Gasteiger partial charge in [-0.05, 0) is 26.0 Å². The number of hydrogen-bond donors (Lipinski definition) is 2. The third-order valence-corrected chi connectivity index (χ3v) is 2.36. The second-order valence-electron chi connectivity index (χ2n) is 4.29. The fourth-order valence-corrected chi connectivity index (χ4v) is 1.45. The van der Waals surface area contributed by atoms with Gasteiger partial charge in [-0.3, -0.25) is 4.79 Å². The summed E-state index contributed by atoms with van der Waals surface area (Å²) in [6, 6.07) is 3.29. The predicted molar refractivity (Wildman–Crippen MR) is 70.8 cm³/mol. The molecule has 0 aliphatic rings. The fourth-order valence-electron chi connectivity index (χ4n) is 1.45. The number of carboxylic acid groups (broad SMARTS) is 1. The summed E-state index contributed by atoms with van der Waals surface area (Å²) < 4.78 is 10.2. The number of methoxy groups -OCH3 is 1. The van der Waals surface area contributed by atoms with E-state index in [2.05, 4.69) is 10.3 Å². The second kappa shape index (κ2) is 7.44. The highest BCUT2D eigenvalue weighted by Gasteiger charge is 2.20. The molecule has 0 fully saturated rings. The number of nitrogens with one attached hydrogen (secondary N) is 1. The average molecular weight is 282 g/mol. The summed E-state index contributed by atoms with van der Waals surface area (Å²) in [6.45, 7) is 3.52. The van der Waals surface area contributed by atoms with Crippen LogP contribution in [0.3, 0.4) is 0 Å². The normalized spacial score (nSPS) is 12.0. The van der Waals surface area contributed by atoms with Gasteiger partial charge in [0, 0.05) is 13.3 Å². The zero-order chi connectivity index (χ0) is 15.1. The number of aliphatic carboxylic acids is 1. The van der Waals surface area contributed by atoms with E-state index in [-0.39, 0.29) is 18.3 Å². The Morgan fingerprint density at radius 1 is 1.45 bits per heavy atom. The summed E-state index contributed by atoms with van der Waals surface area (Å²) in [5.41, 5.74) is 0.112. The molecular formula is C13H18N2O5. The Morgan fingerprint density at radius 3 is 2.70 bits per heavy atom. The van der Waals surface area contributed by atoms with Gasteiger partial charge in [-0.1, -0.05) is 0 Å². The van der Waals surface area contributed by atoms with Gasteiger partial charge >= 0.3 is 5.97 Å². The third-order valence-electron chi connectivity index (χ3n) is 2.36. The molecule has 1 atom stereocenters. The van der Waals surface area contributed by atoms with Crippen LogP contribution in [0.5, 0.6) is 5.75 Å². The molecule has 0 radical (unpaired) electrons. The Kier molecular flexibility index (Phi) is 5.92. The lowest BCUT2D eigenvalue weighted by atomic mass is 10.3. The Balaban J connectivity index is 2.74. The van der Waals surface area contributed by atoms with E-state index in [4.69, 9.17) is 14.6 Å². The van der Waals surface area contributed by atoms with Gasteiger partial charge in [-0.2, -0.15) is 0 Å². The number of pyridine rings is 1. The number of amides is 1. The first-order valence-electron chi connectivity index (χ1n) is 6.11. The number of carbonyl (C=O) groups excluding carboxylic acids is 1. The van der Waals surface area contributed by atoms with Crippen molar-refractivity contribution in [3.63, 3.8) is 0 Å². The van der Waals surface area contributed by atoms with Crippen molar-refractivity contribution in [3.05, 3.63) is 24.0 Å². The van der Waals surface area contributed by atoms with Crippen LogP contribution in [-0.2, 0) is 9.53 Å². The maximum atomic E-state index is 12.0. The van der Waals surface area contributed by atoms with E-state index in [0.29, 0.717) is 5.75 Å². The standard InChI is InChI=1S/C13H18N2O5/c1-8(2)20-9-5-4-6-14-11(9)12(16)15-7-10(19-3)13(17)18/h4-6,8,10H,7H2,1-3H3,(H,15,16)(H,17,18). The summed E-state index contributed by atoms with van der Waals surface area (Å²) in [5, 5.41) is 11.3. The number of hydrogen-bond acceptors (Lipinski definition) is 5. The lowest BCUT2D eigenvalue weighted by molar-refractivity contribution is -0.148. The Bertz CT molecular complexity index is 476. The molecule has 1 amide bonds. The number of aromatic nitrogens is 1. The topological polar surface area (TPSA) is 97.8 Å². The molecule has 1 rings (SSSR count). The minimum atomic E-state index is -1.15. The van der Waals surface area contributed by atoms with Crippen LogP contribution in [0, 0.1) is 0 Å². The molecule has 0 bridgehead atoms. The summed E-state index contributed by atoms with van der Waals surface area (Å²) in [4.78, 5) is 26.7. The summed E-state index contributed by atoms with van der Waals surface area (Å²) in [7, 11) is 1.26. The zero-order valence-electron chi connectivity index (χ0n) is 11.6. The predicted octanol–water partition coefficient (Wildman–Crippen LogP) is 0.698. The molecule has 1 aromatic heterocycles. The molecule has 1 unspecified atom stereocenters. The van der Waals surface area contributed by atoms with Crippen molar-refractivity contribution < 1.29 is 24.2 Å². The highest BCUT2D eigenvalue weighted by Crippen LogP contribution is 2.16. The van der Waals surface area contributed by atoms with Gasteiger partial charge in [-0.15, -0.1) is 0 Å². The van der Waals surface area contributed by atoms with Gasteiger partial charge < -0.3 is 19.9 Å². The lowest BCUT2D eigenvalue weighted by Crippen LogP contribution is -2.38. The van der Waals surface area contributed by atoms with Crippen LogP contribution in [-0.4, -0.2) is 47.8 Å². The van der Waals surface area contributed by atoms with Crippen LogP contribution < -0.4 is 10.1 Å². The van der Waals surface area contributed by atoms with E-state index in [0.717, 1.165) is 0 Å². The summed E-state index contributed by atoms with van der Waals surface area (Å²) >= 11 is 0. The van der Waals surface area contributed by atoms with Crippen molar-refractivity contribution in [1.82, 2.24) is 10.3 Å². The van der Waals surface area contributed by atoms with E-state index < -0.39 is 18.0 Å². The van der Waals surface area contributed by atoms with Crippen LogP contribution >= 0.6 is 0 Å². The zero-order valence-corrected chi connectivity index (χ0v) is 11.6. The van der Waals surface area contributed by atoms with Crippen LogP contribution in [0.4, 0.5) is 0 Å². The summed E-state index contributed by atoms with van der Waals surface area (Å²) in [6.07, 6.45) is 0.265. The van der Waals surface area contributed by atoms with E-state index in [1.807, 2.05) is 13.8 Å². The molecule has 110 valence electrons. The second-order valence-corrected chi connectivity index (χ2v) is 4.29. The van der Waals surface area contributed by atoms with Crippen LogP contribution in [0.15, 0.2) is 18.3 Å². The highest BCUT2D eigenvalue weighted by molar-refractivity contribution is 5.95. The first-order valence-corrected chi connectivity index (χ1v) is 6.11. The number of carboxylic acids is 1. The average Bonchev–Trinajstić information content (AvgIpc) is 2.38. The van der Waals surface area contributed by atoms with Crippen molar-refractivity contribution in [2.75, 3.05) is 13.7 Å². The molecule has 7 heteroatoms. The van der Waals surface area contributed by atoms with Gasteiger partial charge in [0.2, 0.25) is 0 Å². The number of carbonyl (C=O) groups is 2. The van der Waals surface area contributed by atoms with E-state index in [1.165, 1.54) is 13.3 Å². The Morgan fingerprint density at radius 2 is 2.15 bits per heavy atom.